The van der Waals surface area contributed by atoms with Gasteiger partial charge in [0.05, 0.1) is 16.6 Å². The van der Waals surface area contributed by atoms with Gasteiger partial charge >= 0.3 is 6.18 Å². The third kappa shape index (κ3) is 2.80. The van der Waals surface area contributed by atoms with Crippen LogP contribution >= 0.6 is 0 Å². The maximum absolute atomic E-state index is 13.3. The van der Waals surface area contributed by atoms with Crippen LogP contribution in [0.5, 0.6) is 0 Å². The third-order valence-corrected chi connectivity index (χ3v) is 4.36. The maximum atomic E-state index is 13.3. The molecule has 0 radical (unpaired) electrons. The minimum Gasteiger partial charge on any atom is -0.382 e. The van der Waals surface area contributed by atoms with Crippen molar-refractivity contribution >= 4 is 22.8 Å². The van der Waals surface area contributed by atoms with Gasteiger partial charge in [0.25, 0.3) is 5.91 Å². The van der Waals surface area contributed by atoms with Crippen LogP contribution in [0, 0.1) is 27.7 Å². The van der Waals surface area contributed by atoms with Crippen molar-refractivity contribution in [2.24, 2.45) is 0 Å². The molecule has 0 spiro atoms. The molecule has 0 saturated heterocycles. The van der Waals surface area contributed by atoms with Gasteiger partial charge in [-0.15, -0.1) is 5.10 Å². The summed E-state index contributed by atoms with van der Waals surface area (Å²) in [6.45, 7) is 6.72. The van der Waals surface area contributed by atoms with E-state index in [2.05, 4.69) is 15.2 Å². The van der Waals surface area contributed by atoms with Gasteiger partial charge in [-0.3, -0.25) is 9.48 Å². The number of halogens is 3. The standard InChI is InChI=1S/C16H17F3N6O/c1-7-5-11(16(17,18)19)13-14(20)23-25(15(13)21-7)12(26)6-24-10(4)8(2)9(3)22-24/h5H,6H2,1-4H3,(H2,20,23). The topological polar surface area (TPSA) is 91.6 Å². The Balaban J connectivity index is 2.12. The first kappa shape index (κ1) is 17.9. The fourth-order valence-electron chi connectivity index (χ4n) is 2.80. The van der Waals surface area contributed by atoms with Crippen LogP contribution < -0.4 is 5.73 Å². The van der Waals surface area contributed by atoms with Gasteiger partial charge in [-0.1, -0.05) is 0 Å². The molecule has 0 atom stereocenters. The molecule has 0 amide bonds. The predicted molar refractivity (Wildman–Crippen MR) is 88.7 cm³/mol. The van der Waals surface area contributed by atoms with E-state index in [1.165, 1.54) is 11.6 Å². The summed E-state index contributed by atoms with van der Waals surface area (Å²) >= 11 is 0. The molecule has 0 aliphatic heterocycles. The van der Waals surface area contributed by atoms with Crippen LogP contribution in [-0.2, 0) is 12.7 Å². The van der Waals surface area contributed by atoms with E-state index in [1.807, 2.05) is 20.8 Å². The first-order chi connectivity index (χ1) is 12.0. The number of aromatic nitrogens is 5. The molecule has 3 aromatic heterocycles. The number of pyridine rings is 1. The lowest BCUT2D eigenvalue weighted by molar-refractivity contribution is -0.136. The molecule has 0 fully saturated rings. The van der Waals surface area contributed by atoms with Gasteiger partial charge in [0.1, 0.15) is 6.54 Å². The van der Waals surface area contributed by atoms with Gasteiger partial charge in [-0.2, -0.15) is 23.0 Å². The smallest absolute Gasteiger partial charge is 0.382 e. The molecule has 0 saturated carbocycles. The van der Waals surface area contributed by atoms with Gasteiger partial charge < -0.3 is 5.73 Å². The van der Waals surface area contributed by atoms with Crippen molar-refractivity contribution in [3.05, 3.63) is 34.3 Å². The van der Waals surface area contributed by atoms with E-state index in [4.69, 9.17) is 5.73 Å². The number of anilines is 1. The number of nitrogens with zero attached hydrogens (tertiary/aromatic N) is 5. The molecule has 3 aromatic rings. The van der Waals surface area contributed by atoms with E-state index >= 15 is 0 Å². The summed E-state index contributed by atoms with van der Waals surface area (Å²) < 4.78 is 42.2. The minimum absolute atomic E-state index is 0.112. The van der Waals surface area contributed by atoms with Crippen LogP contribution in [0.1, 0.15) is 33.0 Å². The molecular weight excluding hydrogens is 349 g/mol. The van der Waals surface area contributed by atoms with Crippen molar-refractivity contribution in [1.82, 2.24) is 24.5 Å². The van der Waals surface area contributed by atoms with Gasteiger partial charge in [-0.05, 0) is 39.3 Å². The van der Waals surface area contributed by atoms with Crippen molar-refractivity contribution in [2.45, 2.75) is 40.4 Å². The Hall–Kier alpha value is -2.91. The quantitative estimate of drug-likeness (QED) is 0.753. The summed E-state index contributed by atoms with van der Waals surface area (Å²) in [6.07, 6.45) is -4.64. The fourth-order valence-corrected chi connectivity index (χ4v) is 2.80. The number of hydrogen-bond donors (Lipinski definition) is 1. The van der Waals surface area contributed by atoms with Gasteiger partial charge in [-0.25, -0.2) is 4.98 Å². The molecule has 0 aromatic carbocycles. The van der Waals surface area contributed by atoms with Crippen molar-refractivity contribution in [3.8, 4) is 0 Å². The van der Waals surface area contributed by atoms with E-state index in [0.717, 1.165) is 27.7 Å². The highest BCUT2D eigenvalue weighted by Crippen LogP contribution is 2.37. The van der Waals surface area contributed by atoms with Crippen molar-refractivity contribution in [2.75, 3.05) is 5.73 Å². The number of nitrogen functional groups attached to an aromatic ring is 1. The zero-order valence-electron chi connectivity index (χ0n) is 14.6. The number of nitrogens with two attached hydrogens (primary N) is 1. The second-order valence-corrected chi connectivity index (χ2v) is 6.15. The van der Waals surface area contributed by atoms with Crippen LogP contribution in [0.15, 0.2) is 6.07 Å². The number of carbonyl (C=O) groups is 1. The molecule has 26 heavy (non-hydrogen) atoms. The Morgan fingerprint density at radius 1 is 1.19 bits per heavy atom. The van der Waals surface area contributed by atoms with Gasteiger partial charge in [0, 0.05) is 11.4 Å². The lowest BCUT2D eigenvalue weighted by Gasteiger charge is -2.09. The Labute approximate surface area is 146 Å². The van der Waals surface area contributed by atoms with Crippen LogP contribution in [0.2, 0.25) is 0 Å². The zero-order valence-corrected chi connectivity index (χ0v) is 14.6. The number of carbonyl (C=O) groups excluding carboxylic acids is 1. The second kappa shape index (κ2) is 5.82. The van der Waals surface area contributed by atoms with E-state index < -0.39 is 23.5 Å². The SMILES string of the molecule is Cc1cc(C(F)(F)F)c2c(N)nn(C(=O)Cn3nc(C)c(C)c3C)c2n1. The summed E-state index contributed by atoms with van der Waals surface area (Å²) in [5.41, 5.74) is 7.11. The summed E-state index contributed by atoms with van der Waals surface area (Å²) in [6, 6.07) is 0.888. The zero-order chi connectivity index (χ0) is 19.4. The molecule has 2 N–H and O–H groups in total. The average molecular weight is 366 g/mol. The molecule has 10 heteroatoms. The average Bonchev–Trinajstić information content (AvgIpc) is 2.98. The van der Waals surface area contributed by atoms with Gasteiger partial charge in [0.15, 0.2) is 11.5 Å². The molecule has 7 nitrogen and oxygen atoms in total. The number of fused-ring (bicyclic) bond motifs is 1. The molecular formula is C16H17F3N6O. The first-order valence-electron chi connectivity index (χ1n) is 7.77. The van der Waals surface area contributed by atoms with E-state index in [-0.39, 0.29) is 23.3 Å². The number of rotatable bonds is 2. The molecule has 138 valence electrons. The highest BCUT2D eigenvalue weighted by atomic mass is 19.4. The lowest BCUT2D eigenvalue weighted by Crippen LogP contribution is -2.21. The summed E-state index contributed by atoms with van der Waals surface area (Å²) in [7, 11) is 0. The molecule has 3 rings (SSSR count). The summed E-state index contributed by atoms with van der Waals surface area (Å²) in [4.78, 5) is 16.7. The van der Waals surface area contributed by atoms with Crippen LogP contribution in [0.4, 0.5) is 19.0 Å². The molecule has 3 heterocycles. The van der Waals surface area contributed by atoms with Crippen LogP contribution in [0.25, 0.3) is 11.0 Å². The van der Waals surface area contributed by atoms with Crippen molar-refractivity contribution in [1.29, 1.82) is 0 Å². The fraction of sp³-hybridized carbons (Fsp3) is 0.375. The molecule has 0 bridgehead atoms. The maximum Gasteiger partial charge on any atom is 0.417 e. The highest BCUT2D eigenvalue weighted by Gasteiger charge is 2.36. The Kier molecular flexibility index (Phi) is 4.01. The van der Waals surface area contributed by atoms with Crippen LogP contribution in [-0.4, -0.2) is 30.5 Å². The van der Waals surface area contributed by atoms with Crippen LogP contribution in [0.3, 0.4) is 0 Å². The second-order valence-electron chi connectivity index (χ2n) is 6.15. The normalized spacial score (nSPS) is 12.1. The van der Waals surface area contributed by atoms with E-state index in [1.54, 1.807) is 0 Å². The largest absolute Gasteiger partial charge is 0.417 e. The molecule has 0 aliphatic rings. The molecule has 0 aliphatic carbocycles. The third-order valence-electron chi connectivity index (χ3n) is 4.36. The van der Waals surface area contributed by atoms with Crippen molar-refractivity contribution < 1.29 is 18.0 Å². The minimum atomic E-state index is -4.64. The predicted octanol–water partition coefficient (Wildman–Crippen LogP) is 2.80. The Morgan fingerprint density at radius 2 is 1.85 bits per heavy atom. The Bertz CT molecular complexity index is 1030. The first-order valence-corrected chi connectivity index (χ1v) is 7.77. The monoisotopic (exact) mass is 366 g/mol. The summed E-state index contributed by atoms with van der Waals surface area (Å²) in [5.74, 6) is -0.971. The molecule has 0 unspecified atom stereocenters. The summed E-state index contributed by atoms with van der Waals surface area (Å²) in [5, 5.41) is 7.69. The number of alkyl halides is 3. The number of hydrogen-bond acceptors (Lipinski definition) is 5. The lowest BCUT2D eigenvalue weighted by atomic mass is 10.1. The van der Waals surface area contributed by atoms with E-state index in [9.17, 15) is 18.0 Å². The van der Waals surface area contributed by atoms with E-state index in [0.29, 0.717) is 0 Å². The van der Waals surface area contributed by atoms with Gasteiger partial charge in [0.2, 0.25) is 0 Å². The number of aryl methyl sites for hydroxylation is 2. The van der Waals surface area contributed by atoms with Crippen molar-refractivity contribution in [3.63, 3.8) is 0 Å². The Morgan fingerprint density at radius 3 is 2.38 bits per heavy atom. The highest BCUT2D eigenvalue weighted by molar-refractivity contribution is 5.96.